The Bertz CT molecular complexity index is 832. The highest BCUT2D eigenvalue weighted by Crippen LogP contribution is 2.23. The summed E-state index contributed by atoms with van der Waals surface area (Å²) in [5.41, 5.74) is 1.38. The van der Waals surface area contributed by atoms with Gasteiger partial charge in [0.2, 0.25) is 10.0 Å². The number of hydrogen-bond acceptors (Lipinski definition) is 5. The molecule has 128 valence electrons. The summed E-state index contributed by atoms with van der Waals surface area (Å²) in [7, 11) is -3.70. The molecule has 0 aliphatic carbocycles. The molecule has 1 saturated heterocycles. The zero-order valence-electron chi connectivity index (χ0n) is 13.6. The van der Waals surface area contributed by atoms with Crippen molar-refractivity contribution in [2.75, 3.05) is 31.1 Å². The summed E-state index contributed by atoms with van der Waals surface area (Å²) in [4.78, 5) is 2.03. The van der Waals surface area contributed by atoms with Crippen molar-refractivity contribution < 1.29 is 12.8 Å². The maximum atomic E-state index is 13.5. The molecule has 1 aliphatic rings. The van der Waals surface area contributed by atoms with Gasteiger partial charge in [0, 0.05) is 26.2 Å². The van der Waals surface area contributed by atoms with Crippen LogP contribution in [0.15, 0.2) is 35.2 Å². The first-order valence-electron chi connectivity index (χ1n) is 7.69. The van der Waals surface area contributed by atoms with Crippen LogP contribution in [0.2, 0.25) is 0 Å². The van der Waals surface area contributed by atoms with Gasteiger partial charge in [-0.05, 0) is 43.7 Å². The number of aryl methyl sites for hydroxylation is 2. The number of sulfonamides is 1. The fraction of sp³-hybridized carbons (Fsp3) is 0.375. The Morgan fingerprint density at radius 1 is 1.00 bits per heavy atom. The molecule has 1 aromatic carbocycles. The topological polar surface area (TPSA) is 66.4 Å². The maximum absolute atomic E-state index is 13.5. The molecule has 2 heterocycles. The van der Waals surface area contributed by atoms with Gasteiger partial charge in [-0.1, -0.05) is 6.07 Å². The van der Waals surface area contributed by atoms with E-state index >= 15 is 0 Å². The summed E-state index contributed by atoms with van der Waals surface area (Å²) in [5.74, 6) is 0.187. The van der Waals surface area contributed by atoms with Crippen LogP contribution in [0.1, 0.15) is 11.3 Å². The van der Waals surface area contributed by atoms with Gasteiger partial charge in [0.1, 0.15) is 5.82 Å². The van der Waals surface area contributed by atoms with E-state index in [0.29, 0.717) is 31.7 Å². The fourth-order valence-electron chi connectivity index (χ4n) is 2.71. The molecule has 0 unspecified atom stereocenters. The Balaban J connectivity index is 1.76. The first-order valence-corrected chi connectivity index (χ1v) is 9.13. The monoisotopic (exact) mass is 350 g/mol. The molecule has 0 amide bonds. The van der Waals surface area contributed by atoms with Gasteiger partial charge in [-0.25, -0.2) is 12.8 Å². The quantitative estimate of drug-likeness (QED) is 0.844. The van der Waals surface area contributed by atoms with Gasteiger partial charge in [0.25, 0.3) is 0 Å². The third-order valence-electron chi connectivity index (χ3n) is 4.11. The van der Waals surface area contributed by atoms with E-state index in [1.54, 1.807) is 6.92 Å². The lowest BCUT2D eigenvalue weighted by atomic mass is 10.2. The number of aromatic nitrogens is 2. The van der Waals surface area contributed by atoms with E-state index in [2.05, 4.69) is 10.2 Å². The molecule has 0 atom stereocenters. The van der Waals surface area contributed by atoms with Gasteiger partial charge >= 0.3 is 0 Å². The Morgan fingerprint density at radius 3 is 2.33 bits per heavy atom. The third-order valence-corrected chi connectivity index (χ3v) is 6.16. The van der Waals surface area contributed by atoms with Crippen molar-refractivity contribution >= 4 is 15.8 Å². The van der Waals surface area contributed by atoms with E-state index in [9.17, 15) is 12.8 Å². The number of rotatable bonds is 3. The second-order valence-electron chi connectivity index (χ2n) is 5.83. The van der Waals surface area contributed by atoms with E-state index < -0.39 is 15.8 Å². The predicted octanol–water partition coefficient (Wildman–Crippen LogP) is 1.74. The molecule has 1 aromatic heterocycles. The molecule has 0 radical (unpaired) electrons. The van der Waals surface area contributed by atoms with E-state index in [-0.39, 0.29) is 4.90 Å². The van der Waals surface area contributed by atoms with Crippen LogP contribution < -0.4 is 4.90 Å². The van der Waals surface area contributed by atoms with Crippen molar-refractivity contribution in [1.82, 2.24) is 14.5 Å². The smallest absolute Gasteiger partial charge is 0.243 e. The van der Waals surface area contributed by atoms with E-state index in [1.165, 1.54) is 16.4 Å². The van der Waals surface area contributed by atoms with Gasteiger partial charge in [-0.3, -0.25) is 0 Å². The number of benzene rings is 1. The normalized spacial score (nSPS) is 16.4. The summed E-state index contributed by atoms with van der Waals surface area (Å²) in [6.07, 6.45) is 0. The van der Waals surface area contributed by atoms with Crippen molar-refractivity contribution in [3.8, 4) is 0 Å². The minimum absolute atomic E-state index is 0.0334. The highest BCUT2D eigenvalue weighted by molar-refractivity contribution is 7.89. The van der Waals surface area contributed by atoms with Gasteiger partial charge in [0.15, 0.2) is 5.82 Å². The molecule has 2 aromatic rings. The molecule has 0 saturated carbocycles. The Kier molecular flexibility index (Phi) is 4.51. The number of anilines is 1. The Hall–Kier alpha value is -2.06. The van der Waals surface area contributed by atoms with Crippen molar-refractivity contribution in [3.05, 3.63) is 47.4 Å². The molecule has 3 rings (SSSR count). The zero-order chi connectivity index (χ0) is 17.3. The van der Waals surface area contributed by atoms with Gasteiger partial charge in [-0.15, -0.1) is 5.10 Å². The highest BCUT2D eigenvalue weighted by atomic mass is 32.2. The largest absolute Gasteiger partial charge is 0.352 e. The molecule has 1 fully saturated rings. The second kappa shape index (κ2) is 6.45. The second-order valence-corrected chi connectivity index (χ2v) is 7.74. The maximum Gasteiger partial charge on any atom is 0.243 e. The van der Waals surface area contributed by atoms with Crippen LogP contribution in [-0.2, 0) is 10.0 Å². The summed E-state index contributed by atoms with van der Waals surface area (Å²) in [5, 5.41) is 8.16. The van der Waals surface area contributed by atoms with Gasteiger partial charge < -0.3 is 4.90 Å². The number of halogens is 1. The fourth-order valence-corrected chi connectivity index (χ4v) is 4.37. The average molecular weight is 350 g/mol. The highest BCUT2D eigenvalue weighted by Gasteiger charge is 2.30. The van der Waals surface area contributed by atoms with E-state index in [1.807, 2.05) is 24.0 Å². The van der Waals surface area contributed by atoms with E-state index in [4.69, 9.17) is 0 Å². The number of hydrogen-bond donors (Lipinski definition) is 0. The van der Waals surface area contributed by atoms with Crippen LogP contribution in [-0.4, -0.2) is 49.1 Å². The molecule has 0 spiro atoms. The van der Waals surface area contributed by atoms with Gasteiger partial charge in [0.05, 0.1) is 10.6 Å². The van der Waals surface area contributed by atoms with Crippen LogP contribution in [0, 0.1) is 19.7 Å². The minimum Gasteiger partial charge on any atom is -0.352 e. The minimum atomic E-state index is -3.70. The number of nitrogens with zero attached hydrogens (tertiary/aromatic N) is 4. The Morgan fingerprint density at radius 2 is 1.71 bits per heavy atom. The van der Waals surface area contributed by atoms with Crippen LogP contribution >= 0.6 is 0 Å². The summed E-state index contributed by atoms with van der Waals surface area (Å²) >= 11 is 0. The average Bonchev–Trinajstić information content (AvgIpc) is 2.58. The summed E-state index contributed by atoms with van der Waals surface area (Å²) < 4.78 is 40.4. The van der Waals surface area contributed by atoms with Crippen molar-refractivity contribution in [2.45, 2.75) is 18.7 Å². The van der Waals surface area contributed by atoms with Crippen LogP contribution in [0.3, 0.4) is 0 Å². The molecule has 24 heavy (non-hydrogen) atoms. The lowest BCUT2D eigenvalue weighted by Crippen LogP contribution is -2.49. The van der Waals surface area contributed by atoms with Crippen LogP contribution in [0.4, 0.5) is 10.2 Å². The lowest BCUT2D eigenvalue weighted by molar-refractivity contribution is 0.383. The molecular weight excluding hydrogens is 331 g/mol. The predicted molar refractivity (Wildman–Crippen MR) is 88.9 cm³/mol. The summed E-state index contributed by atoms with van der Waals surface area (Å²) in [6.45, 7) is 5.23. The molecule has 1 aliphatic heterocycles. The third kappa shape index (κ3) is 3.25. The lowest BCUT2D eigenvalue weighted by Gasteiger charge is -2.34. The molecule has 0 N–H and O–H groups in total. The van der Waals surface area contributed by atoms with E-state index in [0.717, 1.165) is 17.6 Å². The van der Waals surface area contributed by atoms with Crippen molar-refractivity contribution in [1.29, 1.82) is 0 Å². The Labute approximate surface area is 141 Å². The first kappa shape index (κ1) is 16.8. The van der Waals surface area contributed by atoms with Crippen molar-refractivity contribution in [2.24, 2.45) is 0 Å². The van der Waals surface area contributed by atoms with Crippen LogP contribution in [0.25, 0.3) is 0 Å². The zero-order valence-corrected chi connectivity index (χ0v) is 14.4. The molecule has 0 bridgehead atoms. The number of piperazine rings is 1. The molecule has 6 nitrogen and oxygen atoms in total. The standard InChI is InChI=1S/C16H19FN4O2S/c1-12-3-5-14(17)11-15(12)24(22,23)21-9-7-20(8-10-21)16-6-4-13(2)18-19-16/h3-6,11H,7-10H2,1-2H3. The van der Waals surface area contributed by atoms with Crippen LogP contribution in [0.5, 0.6) is 0 Å². The van der Waals surface area contributed by atoms with Crippen molar-refractivity contribution in [3.63, 3.8) is 0 Å². The SMILES string of the molecule is Cc1ccc(N2CCN(S(=O)(=O)c3cc(F)ccc3C)CC2)nn1. The molecular formula is C16H19FN4O2S. The molecule has 8 heteroatoms. The first-order chi connectivity index (χ1) is 11.4. The summed E-state index contributed by atoms with van der Waals surface area (Å²) in [6, 6.07) is 7.59. The van der Waals surface area contributed by atoms with Gasteiger partial charge in [-0.2, -0.15) is 9.40 Å².